The standard InChI is InChI=1S/C26H28F2N6O2/c1-33-22(17-5-7-26(8-6-17)9-12-34(13-10-26)11-2-14-35)20(21-23(29)31-16-32-24(21)33)18-3-4-19(30-15-18)36-25(27)28/h2-5,11,14-16,25H,6-10,12-13H2,1H3,(H2,29,31,32). The molecule has 0 saturated carbocycles. The van der Waals surface area contributed by atoms with Crippen LogP contribution in [0.5, 0.6) is 5.88 Å². The second kappa shape index (κ2) is 9.67. The molecule has 5 rings (SSSR count). The fourth-order valence-electron chi connectivity index (χ4n) is 5.54. The first kappa shape index (κ1) is 23.9. The average Bonchev–Trinajstić information content (AvgIpc) is 3.18. The lowest BCUT2D eigenvalue weighted by Crippen LogP contribution is -2.38. The van der Waals surface area contributed by atoms with Gasteiger partial charge < -0.3 is 19.9 Å². The van der Waals surface area contributed by atoms with Gasteiger partial charge in [0.05, 0.1) is 11.1 Å². The Labute approximate surface area is 207 Å². The monoisotopic (exact) mass is 494 g/mol. The second-order valence-corrected chi connectivity index (χ2v) is 9.45. The fraction of sp³-hybridized carbons (Fsp3) is 0.385. The van der Waals surface area contributed by atoms with Crippen molar-refractivity contribution in [1.29, 1.82) is 0 Å². The number of anilines is 1. The highest BCUT2D eigenvalue weighted by atomic mass is 19.3. The number of nitrogens with zero attached hydrogens (tertiary/aromatic N) is 5. The third kappa shape index (κ3) is 4.43. The van der Waals surface area contributed by atoms with E-state index in [1.54, 1.807) is 12.1 Å². The van der Waals surface area contributed by atoms with Crippen LogP contribution >= 0.6 is 0 Å². The largest absolute Gasteiger partial charge is 0.417 e. The molecule has 3 aromatic rings. The first-order valence-electron chi connectivity index (χ1n) is 12.0. The van der Waals surface area contributed by atoms with E-state index in [2.05, 4.69) is 30.7 Å². The van der Waals surface area contributed by atoms with Gasteiger partial charge in [0.2, 0.25) is 5.88 Å². The SMILES string of the molecule is Cn1c(C2=CCC3(CC2)CCN(C=CC=O)CC3)c(-c2ccc(OC(F)F)nc2)c2c(N)ncnc21. The van der Waals surface area contributed by atoms with Crippen LogP contribution in [-0.2, 0) is 11.8 Å². The molecule has 4 heterocycles. The molecule has 36 heavy (non-hydrogen) atoms. The summed E-state index contributed by atoms with van der Waals surface area (Å²) in [6, 6.07) is 3.14. The number of nitrogens with two attached hydrogens (primary N) is 1. The van der Waals surface area contributed by atoms with Gasteiger partial charge in [-0.05, 0) is 55.2 Å². The number of hydrogen-bond donors (Lipinski definition) is 1. The van der Waals surface area contributed by atoms with E-state index < -0.39 is 6.61 Å². The Bertz CT molecular complexity index is 1320. The van der Waals surface area contributed by atoms with Crippen molar-refractivity contribution in [3.05, 3.63) is 48.7 Å². The molecule has 3 aromatic heterocycles. The van der Waals surface area contributed by atoms with Crippen LogP contribution in [0.15, 0.2) is 43.0 Å². The van der Waals surface area contributed by atoms with Crippen LogP contribution in [-0.4, -0.2) is 50.4 Å². The molecule has 1 spiro atoms. The molecule has 8 nitrogen and oxygen atoms in total. The maximum absolute atomic E-state index is 12.6. The number of aldehydes is 1. The lowest BCUT2D eigenvalue weighted by atomic mass is 9.68. The summed E-state index contributed by atoms with van der Waals surface area (Å²) in [5, 5.41) is 0.718. The van der Waals surface area contributed by atoms with E-state index in [1.807, 2.05) is 17.8 Å². The van der Waals surface area contributed by atoms with Gasteiger partial charge in [0, 0.05) is 49.7 Å². The Morgan fingerprint density at radius 3 is 2.61 bits per heavy atom. The molecule has 0 bridgehead atoms. The van der Waals surface area contributed by atoms with Gasteiger partial charge in [-0.15, -0.1) is 0 Å². The van der Waals surface area contributed by atoms with Crippen LogP contribution in [0.2, 0.25) is 0 Å². The molecule has 0 amide bonds. The van der Waals surface area contributed by atoms with Gasteiger partial charge in [0.1, 0.15) is 24.1 Å². The number of aromatic nitrogens is 4. The predicted octanol–water partition coefficient (Wildman–Crippen LogP) is 4.58. The number of ether oxygens (including phenoxy) is 1. The first-order valence-corrected chi connectivity index (χ1v) is 12.0. The zero-order chi connectivity index (χ0) is 25.3. The quantitative estimate of drug-likeness (QED) is 0.396. The van der Waals surface area contributed by atoms with Crippen molar-refractivity contribution >= 4 is 28.7 Å². The van der Waals surface area contributed by atoms with Crippen molar-refractivity contribution < 1.29 is 18.3 Å². The normalized spacial score (nSPS) is 17.8. The Morgan fingerprint density at radius 1 is 1.17 bits per heavy atom. The number of allylic oxidation sites excluding steroid dienone is 3. The van der Waals surface area contributed by atoms with Crippen LogP contribution in [0.1, 0.15) is 37.8 Å². The minimum absolute atomic E-state index is 0.145. The Morgan fingerprint density at radius 2 is 1.97 bits per heavy atom. The van der Waals surface area contributed by atoms with E-state index in [4.69, 9.17) is 5.73 Å². The lowest BCUT2D eigenvalue weighted by molar-refractivity contribution is -0.104. The summed E-state index contributed by atoms with van der Waals surface area (Å²) in [5.74, 6) is 0.210. The molecular weight excluding hydrogens is 466 g/mol. The van der Waals surface area contributed by atoms with Gasteiger partial charge >= 0.3 is 6.61 Å². The molecule has 1 aliphatic heterocycles. The van der Waals surface area contributed by atoms with Crippen LogP contribution in [0.4, 0.5) is 14.6 Å². The number of carbonyl (C=O) groups excluding carboxylic acids is 1. The summed E-state index contributed by atoms with van der Waals surface area (Å²) in [4.78, 5) is 25.6. The van der Waals surface area contributed by atoms with E-state index >= 15 is 0 Å². The van der Waals surface area contributed by atoms with E-state index in [0.717, 1.165) is 73.7 Å². The molecule has 2 aliphatic rings. The highest BCUT2D eigenvalue weighted by molar-refractivity contribution is 6.05. The number of piperidine rings is 1. The molecule has 2 N–H and O–H groups in total. The number of fused-ring (bicyclic) bond motifs is 1. The summed E-state index contributed by atoms with van der Waals surface area (Å²) in [7, 11) is 1.96. The number of pyridine rings is 1. The summed E-state index contributed by atoms with van der Waals surface area (Å²) in [6.45, 7) is -1.05. The number of rotatable bonds is 6. The van der Waals surface area contributed by atoms with Crippen LogP contribution in [0.3, 0.4) is 0 Å². The van der Waals surface area contributed by atoms with Crippen LogP contribution < -0.4 is 10.5 Å². The third-order valence-electron chi connectivity index (χ3n) is 7.48. The number of nitrogen functional groups attached to an aromatic ring is 1. The molecule has 0 aromatic carbocycles. The molecule has 188 valence electrons. The van der Waals surface area contributed by atoms with Crippen molar-refractivity contribution in [3.8, 4) is 17.0 Å². The number of carbonyl (C=O) groups is 1. The molecule has 0 unspecified atom stereocenters. The number of likely N-dealkylation sites (tertiary alicyclic amines) is 1. The highest BCUT2D eigenvalue weighted by Crippen LogP contribution is 2.48. The Balaban J connectivity index is 1.50. The topological polar surface area (TPSA) is 99.2 Å². The lowest BCUT2D eigenvalue weighted by Gasteiger charge is -2.43. The maximum atomic E-state index is 12.6. The van der Waals surface area contributed by atoms with Gasteiger partial charge in [0.15, 0.2) is 0 Å². The predicted molar refractivity (Wildman–Crippen MR) is 133 cm³/mol. The first-order chi connectivity index (χ1) is 17.4. The van der Waals surface area contributed by atoms with E-state index in [1.165, 1.54) is 24.2 Å². The number of hydrogen-bond acceptors (Lipinski definition) is 7. The fourth-order valence-corrected chi connectivity index (χ4v) is 5.54. The van der Waals surface area contributed by atoms with Crippen molar-refractivity contribution in [3.63, 3.8) is 0 Å². The third-order valence-corrected chi connectivity index (χ3v) is 7.48. The van der Waals surface area contributed by atoms with E-state index in [0.29, 0.717) is 11.5 Å². The average molecular weight is 495 g/mol. The van der Waals surface area contributed by atoms with Gasteiger partial charge in [-0.3, -0.25) is 4.79 Å². The summed E-state index contributed by atoms with van der Waals surface area (Å²) < 4.78 is 31.7. The second-order valence-electron chi connectivity index (χ2n) is 9.45. The molecule has 10 heteroatoms. The molecule has 0 atom stereocenters. The van der Waals surface area contributed by atoms with E-state index in [-0.39, 0.29) is 11.3 Å². The van der Waals surface area contributed by atoms with Crippen molar-refractivity contribution in [2.75, 3.05) is 18.8 Å². The Kier molecular flexibility index (Phi) is 6.42. The number of aryl methyl sites for hydroxylation is 1. The van der Waals surface area contributed by atoms with Gasteiger partial charge in [-0.1, -0.05) is 6.08 Å². The van der Waals surface area contributed by atoms with E-state index in [9.17, 15) is 13.6 Å². The van der Waals surface area contributed by atoms with Crippen LogP contribution in [0.25, 0.3) is 27.7 Å². The van der Waals surface area contributed by atoms with Gasteiger partial charge in [0.25, 0.3) is 0 Å². The number of alkyl halides is 2. The summed E-state index contributed by atoms with van der Waals surface area (Å²) in [5.41, 5.74) is 11.0. The zero-order valence-corrected chi connectivity index (χ0v) is 20.0. The number of halogens is 2. The van der Waals surface area contributed by atoms with Crippen molar-refractivity contribution in [2.24, 2.45) is 12.5 Å². The molecule has 1 saturated heterocycles. The van der Waals surface area contributed by atoms with Gasteiger partial charge in [-0.25, -0.2) is 15.0 Å². The van der Waals surface area contributed by atoms with Crippen molar-refractivity contribution in [1.82, 2.24) is 24.4 Å². The Hall–Kier alpha value is -3.82. The van der Waals surface area contributed by atoms with Gasteiger partial charge in [-0.2, -0.15) is 8.78 Å². The molecule has 1 fully saturated rings. The molecule has 1 aliphatic carbocycles. The molecular formula is C26H28F2N6O2. The summed E-state index contributed by atoms with van der Waals surface area (Å²) >= 11 is 0. The van der Waals surface area contributed by atoms with Crippen LogP contribution in [0, 0.1) is 5.41 Å². The highest BCUT2D eigenvalue weighted by Gasteiger charge is 2.36. The molecule has 0 radical (unpaired) electrons. The minimum atomic E-state index is -2.94. The summed E-state index contributed by atoms with van der Waals surface area (Å²) in [6.07, 6.45) is 14.6. The van der Waals surface area contributed by atoms with Crippen molar-refractivity contribution in [2.45, 2.75) is 38.7 Å². The maximum Gasteiger partial charge on any atom is 0.388 e. The minimum Gasteiger partial charge on any atom is -0.417 e. The zero-order valence-electron chi connectivity index (χ0n) is 20.0. The smallest absolute Gasteiger partial charge is 0.388 e.